The van der Waals surface area contributed by atoms with Gasteiger partial charge in [0.1, 0.15) is 17.3 Å². The summed E-state index contributed by atoms with van der Waals surface area (Å²) in [5, 5.41) is 12.6. The topological polar surface area (TPSA) is 91.1 Å². The first kappa shape index (κ1) is 25.3. The lowest BCUT2D eigenvalue weighted by Crippen LogP contribution is -2.49. The average molecular weight is 505 g/mol. The van der Waals surface area contributed by atoms with E-state index in [9.17, 15) is 9.90 Å². The van der Waals surface area contributed by atoms with Crippen LogP contribution in [0.25, 0.3) is 11.3 Å². The Morgan fingerprint density at radius 3 is 2.70 bits per heavy atom. The van der Waals surface area contributed by atoms with E-state index in [2.05, 4.69) is 15.1 Å². The van der Waals surface area contributed by atoms with Crippen LogP contribution >= 0.6 is 0 Å². The Morgan fingerprint density at radius 1 is 1.11 bits per heavy atom. The number of piperidine rings is 2. The highest BCUT2D eigenvalue weighted by molar-refractivity contribution is 5.99. The number of para-hydroxylation sites is 1. The molecule has 4 heterocycles. The Hall–Kier alpha value is -3.36. The molecule has 0 radical (unpaired) electrons. The van der Waals surface area contributed by atoms with Crippen molar-refractivity contribution in [1.29, 1.82) is 0 Å². The molecule has 0 unspecified atom stereocenters. The Bertz CT molecular complexity index is 1170. The zero-order valence-electron chi connectivity index (χ0n) is 21.4. The van der Waals surface area contributed by atoms with Crippen molar-refractivity contribution < 1.29 is 19.1 Å². The van der Waals surface area contributed by atoms with Crippen molar-refractivity contribution in [3.05, 3.63) is 66.1 Å². The smallest absolute Gasteiger partial charge is 0.255 e. The van der Waals surface area contributed by atoms with Crippen LogP contribution in [0.1, 0.15) is 41.8 Å². The highest BCUT2D eigenvalue weighted by atomic mass is 16.5. The van der Waals surface area contributed by atoms with E-state index in [1.54, 1.807) is 13.4 Å². The Labute approximate surface area is 218 Å². The number of benzene rings is 1. The number of hydrogen-bond donors (Lipinski definition) is 2. The van der Waals surface area contributed by atoms with Crippen molar-refractivity contribution in [2.24, 2.45) is 5.92 Å². The molecular weight excluding hydrogens is 468 g/mol. The SMILES string of the molecule is COc1ccccc1-c1ccc(C(=O)NCc2ccco2)c(N2CCC(N3CCC[C@@H](CO)C3)CC2)n1. The zero-order valence-corrected chi connectivity index (χ0v) is 21.4. The number of ether oxygens (including phenoxy) is 1. The van der Waals surface area contributed by atoms with Crippen LogP contribution < -0.4 is 15.0 Å². The molecule has 3 aromatic rings. The summed E-state index contributed by atoms with van der Waals surface area (Å²) in [6.07, 6.45) is 5.88. The third-order valence-electron chi connectivity index (χ3n) is 7.59. The van der Waals surface area contributed by atoms with E-state index in [1.165, 1.54) is 0 Å². The Balaban J connectivity index is 1.38. The van der Waals surface area contributed by atoms with Gasteiger partial charge in [-0.25, -0.2) is 4.98 Å². The summed E-state index contributed by atoms with van der Waals surface area (Å²) >= 11 is 0. The van der Waals surface area contributed by atoms with Crippen LogP contribution in [-0.2, 0) is 6.54 Å². The number of carbonyl (C=O) groups excluding carboxylic acids is 1. The summed E-state index contributed by atoms with van der Waals surface area (Å²) in [6.45, 7) is 4.32. The lowest BCUT2D eigenvalue weighted by Gasteiger charge is -2.42. The second-order valence-electron chi connectivity index (χ2n) is 9.93. The highest BCUT2D eigenvalue weighted by Gasteiger charge is 2.30. The van der Waals surface area contributed by atoms with E-state index in [0.29, 0.717) is 35.6 Å². The summed E-state index contributed by atoms with van der Waals surface area (Å²) in [4.78, 5) is 23.1. The van der Waals surface area contributed by atoms with E-state index >= 15 is 0 Å². The monoisotopic (exact) mass is 504 g/mol. The number of aromatic nitrogens is 1. The van der Waals surface area contributed by atoms with Gasteiger partial charge in [0.2, 0.25) is 0 Å². The number of likely N-dealkylation sites (tertiary alicyclic amines) is 1. The number of anilines is 1. The van der Waals surface area contributed by atoms with Gasteiger partial charge in [-0.15, -0.1) is 0 Å². The van der Waals surface area contributed by atoms with Gasteiger partial charge < -0.3 is 24.5 Å². The minimum Gasteiger partial charge on any atom is -0.496 e. The Kier molecular flexibility index (Phi) is 8.06. The number of aliphatic hydroxyl groups excluding tert-OH is 1. The number of furan rings is 1. The Morgan fingerprint density at radius 2 is 1.95 bits per heavy atom. The number of rotatable bonds is 8. The number of nitrogens with zero attached hydrogens (tertiary/aromatic N) is 3. The second kappa shape index (κ2) is 11.8. The van der Waals surface area contributed by atoms with Gasteiger partial charge in [-0.05, 0) is 74.5 Å². The van der Waals surface area contributed by atoms with E-state index in [4.69, 9.17) is 14.1 Å². The van der Waals surface area contributed by atoms with Crippen LogP contribution in [0.15, 0.2) is 59.2 Å². The molecule has 2 N–H and O–H groups in total. The molecule has 0 aliphatic carbocycles. The molecule has 2 aliphatic heterocycles. The fraction of sp³-hybridized carbons (Fsp3) is 0.448. The average Bonchev–Trinajstić information content (AvgIpc) is 3.49. The van der Waals surface area contributed by atoms with Crippen LogP contribution in [0.3, 0.4) is 0 Å². The summed E-state index contributed by atoms with van der Waals surface area (Å²) in [5.41, 5.74) is 2.23. The summed E-state index contributed by atoms with van der Waals surface area (Å²) < 4.78 is 11.0. The van der Waals surface area contributed by atoms with Crippen molar-refractivity contribution in [2.75, 3.05) is 44.8 Å². The maximum absolute atomic E-state index is 13.3. The normalized spacial score (nSPS) is 19.1. The van der Waals surface area contributed by atoms with Crippen LogP contribution in [0.4, 0.5) is 5.82 Å². The minimum atomic E-state index is -0.172. The van der Waals surface area contributed by atoms with Crippen LogP contribution in [0.2, 0.25) is 0 Å². The van der Waals surface area contributed by atoms with Crippen LogP contribution in [-0.4, -0.2) is 66.8 Å². The molecular formula is C29H36N4O4. The van der Waals surface area contributed by atoms with Crippen molar-refractivity contribution >= 4 is 11.7 Å². The number of carbonyl (C=O) groups is 1. The summed E-state index contributed by atoms with van der Waals surface area (Å²) in [6, 6.07) is 15.7. The maximum Gasteiger partial charge on any atom is 0.255 e. The molecule has 0 bridgehead atoms. The first-order chi connectivity index (χ1) is 18.2. The lowest BCUT2D eigenvalue weighted by molar-refractivity contribution is 0.0777. The number of aliphatic hydroxyl groups is 1. The largest absolute Gasteiger partial charge is 0.496 e. The van der Waals surface area contributed by atoms with E-state index in [0.717, 1.165) is 68.9 Å². The second-order valence-corrected chi connectivity index (χ2v) is 9.93. The van der Waals surface area contributed by atoms with E-state index < -0.39 is 0 Å². The van der Waals surface area contributed by atoms with Gasteiger partial charge in [0.05, 0.1) is 31.2 Å². The molecule has 0 spiro atoms. The third kappa shape index (κ3) is 5.81. The summed E-state index contributed by atoms with van der Waals surface area (Å²) in [5.74, 6) is 2.37. The fourth-order valence-electron chi connectivity index (χ4n) is 5.57. The zero-order chi connectivity index (χ0) is 25.6. The maximum atomic E-state index is 13.3. The van der Waals surface area contributed by atoms with E-state index in [1.807, 2.05) is 48.5 Å². The van der Waals surface area contributed by atoms with Crippen molar-refractivity contribution in [3.8, 4) is 17.0 Å². The van der Waals surface area contributed by atoms with Gasteiger partial charge in [0, 0.05) is 37.8 Å². The van der Waals surface area contributed by atoms with Gasteiger partial charge in [0.15, 0.2) is 0 Å². The molecule has 2 saturated heterocycles. The minimum absolute atomic E-state index is 0.172. The lowest BCUT2D eigenvalue weighted by atomic mass is 9.94. The highest BCUT2D eigenvalue weighted by Crippen LogP contribution is 2.33. The summed E-state index contributed by atoms with van der Waals surface area (Å²) in [7, 11) is 1.66. The number of amides is 1. The van der Waals surface area contributed by atoms with Gasteiger partial charge in [-0.1, -0.05) is 12.1 Å². The number of pyridine rings is 1. The van der Waals surface area contributed by atoms with Crippen molar-refractivity contribution in [3.63, 3.8) is 0 Å². The fourth-order valence-corrected chi connectivity index (χ4v) is 5.57. The molecule has 2 aromatic heterocycles. The molecule has 1 aromatic carbocycles. The standard InChI is InChI=1S/C29H36N4O4/c1-36-27-9-3-2-8-24(27)26-11-10-25(29(35)30-18-23-7-5-17-37-23)28(31-26)32-15-12-22(13-16-32)33-14-4-6-21(19-33)20-34/h2-3,5,7-11,17,21-22,34H,4,6,12-16,18-20H2,1H3,(H,30,35)/t21-/m1/s1. The molecule has 2 aliphatic rings. The molecule has 5 rings (SSSR count). The molecule has 8 heteroatoms. The number of hydrogen-bond acceptors (Lipinski definition) is 7. The van der Waals surface area contributed by atoms with Crippen LogP contribution in [0.5, 0.6) is 5.75 Å². The van der Waals surface area contributed by atoms with Gasteiger partial charge in [0.25, 0.3) is 5.91 Å². The van der Waals surface area contributed by atoms with E-state index in [-0.39, 0.29) is 12.5 Å². The predicted octanol–water partition coefficient (Wildman–Crippen LogP) is 3.95. The van der Waals surface area contributed by atoms with Gasteiger partial charge >= 0.3 is 0 Å². The molecule has 0 saturated carbocycles. The van der Waals surface area contributed by atoms with Crippen molar-refractivity contribution in [2.45, 2.75) is 38.3 Å². The molecule has 1 amide bonds. The van der Waals surface area contributed by atoms with Crippen LogP contribution in [0, 0.1) is 5.92 Å². The van der Waals surface area contributed by atoms with Gasteiger partial charge in [-0.2, -0.15) is 0 Å². The molecule has 1 atom stereocenters. The molecule has 8 nitrogen and oxygen atoms in total. The quantitative estimate of drug-likeness (QED) is 0.480. The first-order valence-electron chi connectivity index (χ1n) is 13.2. The molecule has 196 valence electrons. The first-order valence-corrected chi connectivity index (χ1v) is 13.2. The third-order valence-corrected chi connectivity index (χ3v) is 7.59. The predicted molar refractivity (Wildman–Crippen MR) is 143 cm³/mol. The van der Waals surface area contributed by atoms with Gasteiger partial charge in [-0.3, -0.25) is 9.69 Å². The number of methoxy groups -OCH3 is 1. The van der Waals surface area contributed by atoms with Crippen molar-refractivity contribution in [1.82, 2.24) is 15.2 Å². The number of nitrogens with one attached hydrogen (secondary N) is 1. The molecule has 37 heavy (non-hydrogen) atoms. The molecule has 2 fully saturated rings.